The first-order valence-corrected chi connectivity index (χ1v) is 7.72. The quantitative estimate of drug-likeness (QED) is 0.665. The first-order valence-electron chi connectivity index (χ1n) is 6.81. The number of hydrogen-bond donors (Lipinski definition) is 0. The van der Waals surface area contributed by atoms with Crippen molar-refractivity contribution < 1.29 is 0 Å². The third-order valence-corrected chi connectivity index (χ3v) is 4.55. The Morgan fingerprint density at radius 3 is 2.39 bits per heavy atom. The zero-order chi connectivity index (χ0) is 13.8. The highest BCUT2D eigenvalue weighted by Crippen LogP contribution is 2.33. The zero-order valence-corrected chi connectivity index (χ0v) is 13.4. The molecule has 0 aliphatic carbocycles. The van der Waals surface area contributed by atoms with E-state index in [9.17, 15) is 0 Å². The molecule has 4 heteroatoms. The van der Waals surface area contributed by atoms with E-state index < -0.39 is 0 Å². The lowest BCUT2D eigenvalue weighted by Gasteiger charge is -2.27. The molecule has 1 atom stereocenters. The summed E-state index contributed by atoms with van der Waals surface area (Å²) in [5.74, 6) is 0.660. The lowest BCUT2D eigenvalue weighted by Crippen LogP contribution is -2.23. The summed E-state index contributed by atoms with van der Waals surface area (Å²) < 4.78 is 2.03. The van der Waals surface area contributed by atoms with Crippen LogP contribution in [0.5, 0.6) is 0 Å². The predicted octanol–water partition coefficient (Wildman–Crippen LogP) is 4.71. The maximum Gasteiger partial charge on any atom is 0.0850 e. The maximum absolute atomic E-state index is 6.45. The van der Waals surface area contributed by atoms with Crippen LogP contribution >= 0.6 is 23.2 Å². The molecule has 104 valence electrons. The van der Waals surface area contributed by atoms with Gasteiger partial charge in [-0.15, -0.1) is 11.6 Å². The molecule has 1 heterocycles. The summed E-state index contributed by atoms with van der Waals surface area (Å²) in [5, 5.41) is 5.41. The molecule has 2 nitrogen and oxygen atoms in total. The van der Waals surface area contributed by atoms with Gasteiger partial charge in [0.2, 0.25) is 0 Å². The average Bonchev–Trinajstić information content (AvgIpc) is 2.66. The fraction of sp³-hybridized carbons (Fsp3) is 0.786. The van der Waals surface area contributed by atoms with Crippen LogP contribution in [0.4, 0.5) is 0 Å². The van der Waals surface area contributed by atoms with Crippen molar-refractivity contribution in [3.05, 3.63) is 16.4 Å². The first-order chi connectivity index (χ1) is 8.51. The average molecular weight is 291 g/mol. The van der Waals surface area contributed by atoms with Crippen molar-refractivity contribution in [2.75, 3.05) is 5.88 Å². The summed E-state index contributed by atoms with van der Waals surface area (Å²) >= 11 is 12.6. The fourth-order valence-electron chi connectivity index (χ4n) is 2.40. The lowest BCUT2D eigenvalue weighted by molar-refractivity contribution is 0.325. The van der Waals surface area contributed by atoms with Crippen LogP contribution in [-0.2, 0) is 19.4 Å². The second kappa shape index (κ2) is 6.81. The monoisotopic (exact) mass is 290 g/mol. The van der Waals surface area contributed by atoms with Crippen molar-refractivity contribution in [3.63, 3.8) is 0 Å². The number of halogens is 2. The molecule has 18 heavy (non-hydrogen) atoms. The first kappa shape index (κ1) is 15.8. The van der Waals surface area contributed by atoms with Gasteiger partial charge in [-0.05, 0) is 31.6 Å². The van der Waals surface area contributed by atoms with Gasteiger partial charge in [-0.3, -0.25) is 4.68 Å². The van der Waals surface area contributed by atoms with E-state index in [-0.39, 0.29) is 5.41 Å². The Balaban J connectivity index is 3.05. The highest BCUT2D eigenvalue weighted by atomic mass is 35.5. The molecule has 1 aromatic rings. The van der Waals surface area contributed by atoms with E-state index in [4.69, 9.17) is 23.2 Å². The highest BCUT2D eigenvalue weighted by Gasteiger charge is 2.27. The molecule has 0 saturated carbocycles. The third-order valence-electron chi connectivity index (χ3n) is 3.46. The van der Waals surface area contributed by atoms with Gasteiger partial charge in [-0.25, -0.2) is 0 Å². The molecular weight excluding hydrogens is 267 g/mol. The third kappa shape index (κ3) is 3.42. The molecule has 0 bridgehead atoms. The summed E-state index contributed by atoms with van der Waals surface area (Å²) in [4.78, 5) is 0. The maximum atomic E-state index is 6.45. The zero-order valence-electron chi connectivity index (χ0n) is 11.9. The van der Waals surface area contributed by atoms with Gasteiger partial charge >= 0.3 is 0 Å². The Hall–Kier alpha value is -0.210. The minimum Gasteiger partial charge on any atom is -0.268 e. The molecular formula is C14H24Cl2N2. The number of rotatable bonds is 7. The summed E-state index contributed by atoms with van der Waals surface area (Å²) in [6.45, 7) is 9.48. The van der Waals surface area contributed by atoms with Crippen molar-refractivity contribution in [1.29, 1.82) is 0 Å². The van der Waals surface area contributed by atoms with Gasteiger partial charge in [0.05, 0.1) is 16.4 Å². The van der Waals surface area contributed by atoms with Crippen LogP contribution in [0.25, 0.3) is 0 Å². The van der Waals surface area contributed by atoms with Crippen LogP contribution in [0.2, 0.25) is 5.02 Å². The van der Waals surface area contributed by atoms with E-state index in [0.29, 0.717) is 5.88 Å². The van der Waals surface area contributed by atoms with Crippen LogP contribution in [0, 0.1) is 5.41 Å². The molecule has 0 radical (unpaired) electrons. The smallest absolute Gasteiger partial charge is 0.0850 e. The van der Waals surface area contributed by atoms with E-state index in [2.05, 4.69) is 32.8 Å². The molecule has 0 saturated heterocycles. The van der Waals surface area contributed by atoms with Crippen LogP contribution in [0.15, 0.2) is 0 Å². The Bertz CT molecular complexity index is 387. The van der Waals surface area contributed by atoms with Crippen molar-refractivity contribution in [2.24, 2.45) is 5.41 Å². The molecule has 0 spiro atoms. The second-order valence-electron chi connectivity index (χ2n) is 5.25. The number of hydrogen-bond acceptors (Lipinski definition) is 1. The standard InChI is InChI=1S/C14H24Cl2N2/c1-5-8-14(4,10-15)9-12-13(16)11(6-2)17-18(12)7-3/h5-10H2,1-4H3. The Morgan fingerprint density at radius 1 is 1.28 bits per heavy atom. The van der Waals surface area contributed by atoms with Gasteiger partial charge in [-0.2, -0.15) is 5.10 Å². The topological polar surface area (TPSA) is 17.8 Å². The van der Waals surface area contributed by atoms with Crippen LogP contribution < -0.4 is 0 Å². The minimum absolute atomic E-state index is 0.109. The number of nitrogens with zero attached hydrogens (tertiary/aromatic N) is 2. The molecule has 1 rings (SSSR count). The van der Waals surface area contributed by atoms with E-state index in [1.54, 1.807) is 0 Å². The second-order valence-corrected chi connectivity index (χ2v) is 5.89. The SMILES string of the molecule is CCCC(C)(CCl)Cc1c(Cl)c(CC)nn1CC. The number of alkyl halides is 1. The Kier molecular flexibility index (Phi) is 6.00. The van der Waals surface area contributed by atoms with Crippen LogP contribution in [-0.4, -0.2) is 15.7 Å². The van der Waals surface area contributed by atoms with E-state index in [1.165, 1.54) is 0 Å². The van der Waals surface area contributed by atoms with Gasteiger partial charge in [0.25, 0.3) is 0 Å². The summed E-state index contributed by atoms with van der Waals surface area (Å²) in [5.41, 5.74) is 2.26. The van der Waals surface area contributed by atoms with Crippen LogP contribution in [0.1, 0.15) is 51.9 Å². The Labute approximate surface area is 121 Å². The van der Waals surface area contributed by atoms with Gasteiger partial charge in [0.1, 0.15) is 0 Å². The minimum atomic E-state index is 0.109. The summed E-state index contributed by atoms with van der Waals surface area (Å²) in [6, 6.07) is 0. The van der Waals surface area contributed by atoms with Crippen LogP contribution in [0.3, 0.4) is 0 Å². The van der Waals surface area contributed by atoms with Crippen molar-refractivity contribution in [3.8, 4) is 0 Å². The molecule has 0 amide bonds. The summed E-state index contributed by atoms with van der Waals surface area (Å²) in [6.07, 6.45) is 4.04. The normalized spacial score (nSPS) is 14.8. The van der Waals surface area contributed by atoms with Gasteiger partial charge in [-0.1, -0.05) is 38.8 Å². The van der Waals surface area contributed by atoms with Gasteiger partial charge in [0, 0.05) is 12.4 Å². The number of aromatic nitrogens is 2. The van der Waals surface area contributed by atoms with E-state index in [0.717, 1.165) is 48.6 Å². The molecule has 0 N–H and O–H groups in total. The Morgan fingerprint density at radius 2 is 1.94 bits per heavy atom. The molecule has 0 aliphatic heterocycles. The van der Waals surface area contributed by atoms with Crippen molar-refractivity contribution in [1.82, 2.24) is 9.78 Å². The van der Waals surface area contributed by atoms with Crippen molar-refractivity contribution >= 4 is 23.2 Å². The van der Waals surface area contributed by atoms with Gasteiger partial charge in [0.15, 0.2) is 0 Å². The predicted molar refractivity (Wildman–Crippen MR) is 79.7 cm³/mol. The molecule has 1 unspecified atom stereocenters. The van der Waals surface area contributed by atoms with Crippen molar-refractivity contribution in [2.45, 2.75) is 59.9 Å². The van der Waals surface area contributed by atoms with E-state index in [1.807, 2.05) is 4.68 Å². The molecule has 0 aliphatic rings. The van der Waals surface area contributed by atoms with E-state index >= 15 is 0 Å². The van der Waals surface area contributed by atoms with Gasteiger partial charge < -0.3 is 0 Å². The highest BCUT2D eigenvalue weighted by molar-refractivity contribution is 6.31. The molecule has 0 fully saturated rings. The molecule has 1 aromatic heterocycles. The lowest BCUT2D eigenvalue weighted by atomic mass is 9.83. The summed E-state index contributed by atoms with van der Waals surface area (Å²) in [7, 11) is 0. The molecule has 0 aromatic carbocycles. The number of aryl methyl sites for hydroxylation is 2. The largest absolute Gasteiger partial charge is 0.268 e. The fourth-order valence-corrected chi connectivity index (χ4v) is 2.96.